The lowest BCUT2D eigenvalue weighted by Crippen LogP contribution is -2.28. The molecule has 2 unspecified atom stereocenters. The maximum absolute atomic E-state index is 12.5. The van der Waals surface area contributed by atoms with Gasteiger partial charge < -0.3 is 14.8 Å². The molecule has 0 aromatic heterocycles. The summed E-state index contributed by atoms with van der Waals surface area (Å²) in [5.74, 6) is 1.59. The fourth-order valence-corrected chi connectivity index (χ4v) is 2.64. The van der Waals surface area contributed by atoms with Crippen molar-refractivity contribution in [1.82, 2.24) is 5.32 Å². The van der Waals surface area contributed by atoms with E-state index in [1.807, 2.05) is 32.0 Å². The van der Waals surface area contributed by atoms with Crippen molar-refractivity contribution in [2.24, 2.45) is 5.92 Å². The minimum atomic E-state index is 0.0578. The Balaban J connectivity index is 2.23. The Morgan fingerprint density at radius 3 is 2.55 bits per heavy atom. The van der Waals surface area contributed by atoms with E-state index in [9.17, 15) is 4.79 Å². The fraction of sp³-hybridized carbons (Fsp3) is 0.562. The van der Waals surface area contributed by atoms with Gasteiger partial charge in [0.15, 0.2) is 17.3 Å². The van der Waals surface area contributed by atoms with Gasteiger partial charge in [-0.1, -0.05) is 0 Å². The largest absolute Gasteiger partial charge is 0.490 e. The monoisotopic (exact) mass is 277 g/mol. The molecular weight excluding hydrogens is 254 g/mol. The van der Waals surface area contributed by atoms with E-state index in [2.05, 4.69) is 12.2 Å². The predicted molar refractivity (Wildman–Crippen MR) is 78.7 cm³/mol. The molecule has 1 aliphatic heterocycles. The average Bonchev–Trinajstić information content (AvgIpc) is 2.86. The summed E-state index contributed by atoms with van der Waals surface area (Å²) in [5.41, 5.74) is 0.706. The van der Waals surface area contributed by atoms with Gasteiger partial charge in [-0.15, -0.1) is 0 Å². The molecule has 20 heavy (non-hydrogen) atoms. The molecule has 0 spiro atoms. The predicted octanol–water partition coefficient (Wildman–Crippen LogP) is 2.66. The van der Waals surface area contributed by atoms with E-state index < -0.39 is 0 Å². The molecule has 1 aromatic carbocycles. The van der Waals surface area contributed by atoms with E-state index in [1.54, 1.807) is 0 Å². The first kappa shape index (κ1) is 14.9. The summed E-state index contributed by atoms with van der Waals surface area (Å²) < 4.78 is 11.1. The molecule has 4 heteroatoms. The standard InChI is InChI=1S/C16H23NO3/c1-4-19-14-7-6-12(10-15(14)20-5-2)16(18)13-8-9-17-11(13)3/h6-7,10-11,13,17H,4-5,8-9H2,1-3H3. The molecule has 1 aromatic rings. The Labute approximate surface area is 120 Å². The van der Waals surface area contributed by atoms with Crippen molar-refractivity contribution in [2.45, 2.75) is 33.2 Å². The zero-order chi connectivity index (χ0) is 14.5. The summed E-state index contributed by atoms with van der Waals surface area (Å²) in [6.07, 6.45) is 0.900. The molecule has 0 radical (unpaired) electrons. The second-order valence-corrected chi connectivity index (χ2v) is 5.03. The van der Waals surface area contributed by atoms with Gasteiger partial charge in [0.05, 0.1) is 13.2 Å². The van der Waals surface area contributed by atoms with Crippen LogP contribution in [0.15, 0.2) is 18.2 Å². The van der Waals surface area contributed by atoms with Crippen LogP contribution in [-0.2, 0) is 0 Å². The number of carbonyl (C=O) groups excluding carboxylic acids is 1. The van der Waals surface area contributed by atoms with E-state index >= 15 is 0 Å². The van der Waals surface area contributed by atoms with Gasteiger partial charge in [0.1, 0.15) is 0 Å². The quantitative estimate of drug-likeness (QED) is 0.812. The molecule has 2 rings (SSSR count). The fourth-order valence-electron chi connectivity index (χ4n) is 2.64. The third kappa shape index (κ3) is 3.12. The van der Waals surface area contributed by atoms with Crippen molar-refractivity contribution in [3.05, 3.63) is 23.8 Å². The maximum atomic E-state index is 12.5. The summed E-state index contributed by atoms with van der Waals surface area (Å²) in [5, 5.41) is 3.31. The summed E-state index contributed by atoms with van der Waals surface area (Å²) in [4.78, 5) is 12.5. The Kier molecular flexibility index (Phi) is 5.01. The highest BCUT2D eigenvalue weighted by Crippen LogP contribution is 2.30. The van der Waals surface area contributed by atoms with E-state index in [0.29, 0.717) is 30.3 Å². The van der Waals surface area contributed by atoms with Gasteiger partial charge in [0, 0.05) is 17.5 Å². The first-order valence-corrected chi connectivity index (χ1v) is 7.34. The van der Waals surface area contributed by atoms with Crippen LogP contribution in [0.25, 0.3) is 0 Å². The zero-order valence-electron chi connectivity index (χ0n) is 12.4. The molecule has 1 saturated heterocycles. The van der Waals surface area contributed by atoms with E-state index in [1.165, 1.54) is 0 Å². The van der Waals surface area contributed by atoms with Crippen LogP contribution in [-0.4, -0.2) is 31.6 Å². The lowest BCUT2D eigenvalue weighted by Gasteiger charge is -2.16. The van der Waals surface area contributed by atoms with Crippen LogP contribution >= 0.6 is 0 Å². The molecule has 0 saturated carbocycles. The number of hydrogen-bond donors (Lipinski definition) is 1. The van der Waals surface area contributed by atoms with Crippen LogP contribution in [0.5, 0.6) is 11.5 Å². The number of ether oxygens (including phenoxy) is 2. The van der Waals surface area contributed by atoms with Crippen LogP contribution < -0.4 is 14.8 Å². The Bertz CT molecular complexity index is 473. The number of nitrogens with one attached hydrogen (secondary N) is 1. The third-order valence-corrected chi connectivity index (χ3v) is 3.69. The first-order valence-electron chi connectivity index (χ1n) is 7.34. The number of benzene rings is 1. The summed E-state index contributed by atoms with van der Waals surface area (Å²) >= 11 is 0. The van der Waals surface area contributed by atoms with Crippen LogP contribution in [0.1, 0.15) is 37.6 Å². The second-order valence-electron chi connectivity index (χ2n) is 5.03. The lowest BCUT2D eigenvalue weighted by atomic mass is 9.92. The number of carbonyl (C=O) groups is 1. The summed E-state index contributed by atoms with van der Waals surface area (Å²) in [7, 11) is 0. The van der Waals surface area contributed by atoms with Crippen molar-refractivity contribution >= 4 is 5.78 Å². The first-order chi connectivity index (χ1) is 9.67. The maximum Gasteiger partial charge on any atom is 0.167 e. The van der Waals surface area contributed by atoms with E-state index in [0.717, 1.165) is 13.0 Å². The van der Waals surface area contributed by atoms with Gasteiger partial charge in [-0.2, -0.15) is 0 Å². The van der Waals surface area contributed by atoms with Crippen molar-refractivity contribution in [2.75, 3.05) is 19.8 Å². The molecule has 1 N–H and O–H groups in total. The third-order valence-electron chi connectivity index (χ3n) is 3.69. The molecular formula is C16H23NO3. The number of rotatable bonds is 6. The molecule has 2 atom stereocenters. The molecule has 110 valence electrons. The van der Waals surface area contributed by atoms with Crippen molar-refractivity contribution in [3.63, 3.8) is 0 Å². The molecule has 1 aliphatic rings. The number of ketones is 1. The van der Waals surface area contributed by atoms with Gasteiger partial charge in [0.2, 0.25) is 0 Å². The number of hydrogen-bond acceptors (Lipinski definition) is 4. The van der Waals surface area contributed by atoms with Crippen LogP contribution in [0.4, 0.5) is 0 Å². The SMILES string of the molecule is CCOc1ccc(C(=O)C2CCNC2C)cc1OCC. The molecule has 1 fully saturated rings. The van der Waals surface area contributed by atoms with Crippen molar-refractivity contribution < 1.29 is 14.3 Å². The van der Waals surface area contributed by atoms with Crippen LogP contribution in [0.3, 0.4) is 0 Å². The summed E-state index contributed by atoms with van der Waals surface area (Å²) in [6.45, 7) is 7.96. The Hall–Kier alpha value is -1.55. The van der Waals surface area contributed by atoms with Crippen molar-refractivity contribution in [1.29, 1.82) is 0 Å². The molecule has 0 aliphatic carbocycles. The van der Waals surface area contributed by atoms with Gasteiger partial charge >= 0.3 is 0 Å². The van der Waals surface area contributed by atoms with Gasteiger partial charge in [-0.05, 0) is 51.9 Å². The highest BCUT2D eigenvalue weighted by Gasteiger charge is 2.30. The molecule has 0 amide bonds. The normalized spacial score (nSPS) is 21.8. The Morgan fingerprint density at radius 1 is 1.25 bits per heavy atom. The average molecular weight is 277 g/mol. The second kappa shape index (κ2) is 6.75. The zero-order valence-corrected chi connectivity index (χ0v) is 12.4. The smallest absolute Gasteiger partial charge is 0.167 e. The molecule has 4 nitrogen and oxygen atoms in total. The van der Waals surface area contributed by atoms with E-state index in [-0.39, 0.29) is 17.7 Å². The van der Waals surface area contributed by atoms with Crippen LogP contribution in [0.2, 0.25) is 0 Å². The lowest BCUT2D eigenvalue weighted by molar-refractivity contribution is 0.0913. The highest BCUT2D eigenvalue weighted by atomic mass is 16.5. The molecule has 1 heterocycles. The minimum absolute atomic E-state index is 0.0578. The van der Waals surface area contributed by atoms with E-state index in [4.69, 9.17) is 9.47 Å². The van der Waals surface area contributed by atoms with Crippen LogP contribution in [0, 0.1) is 5.92 Å². The highest BCUT2D eigenvalue weighted by molar-refractivity contribution is 5.99. The van der Waals surface area contributed by atoms with Gasteiger partial charge in [-0.25, -0.2) is 0 Å². The van der Waals surface area contributed by atoms with Gasteiger partial charge in [-0.3, -0.25) is 4.79 Å². The minimum Gasteiger partial charge on any atom is -0.490 e. The Morgan fingerprint density at radius 2 is 1.95 bits per heavy atom. The number of Topliss-reactive ketones (excluding diaryl/α,β-unsaturated/α-hetero) is 1. The molecule has 0 bridgehead atoms. The van der Waals surface area contributed by atoms with Crippen molar-refractivity contribution in [3.8, 4) is 11.5 Å². The topological polar surface area (TPSA) is 47.6 Å². The summed E-state index contributed by atoms with van der Waals surface area (Å²) in [6, 6.07) is 5.71. The van der Waals surface area contributed by atoms with Gasteiger partial charge in [0.25, 0.3) is 0 Å².